The van der Waals surface area contributed by atoms with E-state index in [4.69, 9.17) is 4.74 Å². The lowest BCUT2D eigenvalue weighted by atomic mass is 9.97. The van der Waals surface area contributed by atoms with Crippen LogP contribution in [0.25, 0.3) is 0 Å². The van der Waals surface area contributed by atoms with Crippen LogP contribution in [-0.2, 0) is 9.59 Å². The van der Waals surface area contributed by atoms with Crippen LogP contribution in [0.15, 0.2) is 6.07 Å². The number of aryl methyl sites for hydroxylation is 1. The van der Waals surface area contributed by atoms with E-state index in [1.54, 1.807) is 0 Å². The van der Waals surface area contributed by atoms with Crippen molar-refractivity contribution in [3.8, 4) is 5.88 Å². The minimum Gasteiger partial charge on any atom is -0.478 e. The molecular formula is C17H25N5O3. The van der Waals surface area contributed by atoms with Crippen LogP contribution in [0.2, 0.25) is 0 Å². The number of carbonyl (C=O) groups is 2. The molecule has 2 fully saturated rings. The molecule has 25 heavy (non-hydrogen) atoms. The number of nitrogens with zero attached hydrogens (tertiary/aromatic N) is 4. The van der Waals surface area contributed by atoms with E-state index >= 15 is 0 Å². The molecule has 1 aromatic heterocycles. The summed E-state index contributed by atoms with van der Waals surface area (Å²) in [4.78, 5) is 36.8. The normalized spacial score (nSPS) is 21.0. The number of rotatable bonds is 4. The molecule has 0 aliphatic carbocycles. The van der Waals surface area contributed by atoms with E-state index in [9.17, 15) is 9.59 Å². The molecule has 136 valence electrons. The van der Waals surface area contributed by atoms with Crippen molar-refractivity contribution in [1.82, 2.24) is 20.2 Å². The van der Waals surface area contributed by atoms with Gasteiger partial charge in [0.25, 0.3) is 0 Å². The number of piperidine rings is 1. The molecule has 1 aromatic rings. The molecule has 1 N–H and O–H groups in total. The first-order valence-corrected chi connectivity index (χ1v) is 8.85. The Morgan fingerprint density at radius 2 is 2.08 bits per heavy atom. The van der Waals surface area contributed by atoms with Crippen LogP contribution in [0, 0.1) is 12.8 Å². The summed E-state index contributed by atoms with van der Waals surface area (Å²) in [5.41, 5.74) is 0.866. The third-order valence-corrected chi connectivity index (χ3v) is 4.60. The lowest BCUT2D eigenvalue weighted by molar-refractivity contribution is -0.137. The predicted octanol–water partition coefficient (Wildman–Crippen LogP) is 0.359. The van der Waals surface area contributed by atoms with E-state index in [2.05, 4.69) is 20.2 Å². The van der Waals surface area contributed by atoms with Gasteiger partial charge < -0.3 is 19.9 Å². The second-order valence-electron chi connectivity index (χ2n) is 6.43. The first kappa shape index (κ1) is 17.4. The number of piperazine rings is 1. The van der Waals surface area contributed by atoms with Crippen LogP contribution >= 0.6 is 0 Å². The summed E-state index contributed by atoms with van der Waals surface area (Å²) in [7, 11) is 0. The maximum atomic E-state index is 12.6. The molecule has 2 aliphatic heterocycles. The molecule has 0 bridgehead atoms. The summed E-state index contributed by atoms with van der Waals surface area (Å²) in [6.07, 6.45) is 1.08. The van der Waals surface area contributed by atoms with E-state index in [0.29, 0.717) is 64.0 Å². The molecule has 1 atom stereocenters. The lowest BCUT2D eigenvalue weighted by Gasteiger charge is -2.37. The highest BCUT2D eigenvalue weighted by molar-refractivity contribution is 5.84. The average molecular weight is 347 g/mol. The van der Waals surface area contributed by atoms with E-state index in [-0.39, 0.29) is 17.7 Å². The summed E-state index contributed by atoms with van der Waals surface area (Å²) >= 11 is 0. The summed E-state index contributed by atoms with van der Waals surface area (Å²) in [6, 6.07) is 1.82. The number of amides is 2. The molecule has 2 saturated heterocycles. The molecule has 0 spiro atoms. The van der Waals surface area contributed by atoms with Gasteiger partial charge in [0.2, 0.25) is 23.6 Å². The van der Waals surface area contributed by atoms with Gasteiger partial charge in [-0.2, -0.15) is 4.98 Å². The largest absolute Gasteiger partial charge is 0.478 e. The molecule has 3 rings (SSSR count). The molecule has 0 saturated carbocycles. The number of ether oxygens (including phenoxy) is 1. The fraction of sp³-hybridized carbons (Fsp3) is 0.647. The fourth-order valence-corrected chi connectivity index (χ4v) is 3.22. The summed E-state index contributed by atoms with van der Waals surface area (Å²) < 4.78 is 5.49. The number of carbonyl (C=O) groups excluding carboxylic acids is 2. The number of aromatic nitrogens is 2. The molecule has 8 nitrogen and oxygen atoms in total. The minimum absolute atomic E-state index is 0.0376. The molecule has 8 heteroatoms. The maximum Gasteiger partial charge on any atom is 0.228 e. The van der Waals surface area contributed by atoms with E-state index < -0.39 is 0 Å². The Hall–Kier alpha value is -2.38. The van der Waals surface area contributed by atoms with Crippen molar-refractivity contribution >= 4 is 17.8 Å². The Kier molecular flexibility index (Phi) is 5.35. The van der Waals surface area contributed by atoms with Crippen molar-refractivity contribution in [3.05, 3.63) is 11.8 Å². The van der Waals surface area contributed by atoms with Gasteiger partial charge in [-0.3, -0.25) is 9.59 Å². The fourth-order valence-electron chi connectivity index (χ4n) is 3.22. The maximum absolute atomic E-state index is 12.6. The molecule has 0 aromatic carbocycles. The summed E-state index contributed by atoms with van der Waals surface area (Å²) in [5.74, 6) is 1.32. The molecule has 0 radical (unpaired) electrons. The zero-order chi connectivity index (χ0) is 17.8. The van der Waals surface area contributed by atoms with Crippen LogP contribution in [0.4, 0.5) is 5.95 Å². The Balaban J connectivity index is 1.58. The third kappa shape index (κ3) is 4.18. The Morgan fingerprint density at radius 1 is 1.32 bits per heavy atom. The van der Waals surface area contributed by atoms with Crippen molar-refractivity contribution in [3.63, 3.8) is 0 Å². The smallest absolute Gasteiger partial charge is 0.228 e. The number of nitrogens with one attached hydrogen (secondary N) is 1. The Morgan fingerprint density at radius 3 is 2.72 bits per heavy atom. The zero-order valence-corrected chi connectivity index (χ0v) is 14.8. The molecule has 0 unspecified atom stereocenters. The van der Waals surface area contributed by atoms with Crippen molar-refractivity contribution < 1.29 is 14.3 Å². The van der Waals surface area contributed by atoms with Crippen molar-refractivity contribution in [2.75, 3.05) is 44.2 Å². The highest BCUT2D eigenvalue weighted by Gasteiger charge is 2.30. The molecular weight excluding hydrogens is 322 g/mol. The predicted molar refractivity (Wildman–Crippen MR) is 92.5 cm³/mol. The average Bonchev–Trinajstić information content (AvgIpc) is 2.62. The number of anilines is 1. The van der Waals surface area contributed by atoms with Gasteiger partial charge in [-0.1, -0.05) is 0 Å². The van der Waals surface area contributed by atoms with E-state index in [1.165, 1.54) is 0 Å². The van der Waals surface area contributed by atoms with E-state index in [0.717, 1.165) is 5.69 Å². The SMILES string of the molecule is CCOc1cc(C)nc(N2CCN(C(=O)[C@@H]3CCC(=O)NC3)CC2)n1. The van der Waals surface area contributed by atoms with Crippen LogP contribution in [0.3, 0.4) is 0 Å². The van der Waals surface area contributed by atoms with Gasteiger partial charge in [-0.25, -0.2) is 4.98 Å². The van der Waals surface area contributed by atoms with Gasteiger partial charge in [0.05, 0.1) is 12.5 Å². The van der Waals surface area contributed by atoms with Crippen molar-refractivity contribution in [1.29, 1.82) is 0 Å². The Bertz CT molecular complexity index is 633. The highest BCUT2D eigenvalue weighted by Crippen LogP contribution is 2.19. The molecule has 2 aliphatic rings. The number of hydrogen-bond acceptors (Lipinski definition) is 6. The van der Waals surface area contributed by atoms with Crippen LogP contribution in [0.5, 0.6) is 5.88 Å². The highest BCUT2D eigenvalue weighted by atomic mass is 16.5. The van der Waals surface area contributed by atoms with Crippen molar-refractivity contribution in [2.24, 2.45) is 5.92 Å². The Labute approximate surface area is 147 Å². The van der Waals surface area contributed by atoms with Gasteiger partial charge in [-0.15, -0.1) is 0 Å². The summed E-state index contributed by atoms with van der Waals surface area (Å²) in [5, 5.41) is 2.78. The second-order valence-corrected chi connectivity index (χ2v) is 6.43. The van der Waals surface area contributed by atoms with Crippen LogP contribution < -0.4 is 15.0 Å². The zero-order valence-electron chi connectivity index (χ0n) is 14.8. The second kappa shape index (κ2) is 7.67. The monoisotopic (exact) mass is 347 g/mol. The quantitative estimate of drug-likeness (QED) is 0.846. The minimum atomic E-state index is -0.0935. The summed E-state index contributed by atoms with van der Waals surface area (Å²) in [6.45, 7) is 7.54. The van der Waals surface area contributed by atoms with Crippen LogP contribution in [-0.4, -0.2) is 66.0 Å². The lowest BCUT2D eigenvalue weighted by Crippen LogP contribution is -2.53. The molecule has 3 heterocycles. The van der Waals surface area contributed by atoms with E-state index in [1.807, 2.05) is 24.8 Å². The topological polar surface area (TPSA) is 87.7 Å². The standard InChI is InChI=1S/C17H25N5O3/c1-3-25-15-10-12(2)19-17(20-15)22-8-6-21(7-9-22)16(24)13-4-5-14(23)18-11-13/h10,13H,3-9,11H2,1-2H3,(H,18,23)/t13-/m1/s1. The van der Waals surface area contributed by atoms with Gasteiger partial charge >= 0.3 is 0 Å². The first-order valence-electron chi connectivity index (χ1n) is 8.85. The van der Waals surface area contributed by atoms with Gasteiger partial charge in [0.1, 0.15) is 0 Å². The van der Waals surface area contributed by atoms with Crippen molar-refractivity contribution in [2.45, 2.75) is 26.7 Å². The van der Waals surface area contributed by atoms with Gasteiger partial charge in [0, 0.05) is 50.9 Å². The van der Waals surface area contributed by atoms with Gasteiger partial charge in [-0.05, 0) is 20.3 Å². The third-order valence-electron chi connectivity index (χ3n) is 4.60. The molecule has 2 amide bonds. The number of hydrogen-bond donors (Lipinski definition) is 1. The van der Waals surface area contributed by atoms with Crippen LogP contribution in [0.1, 0.15) is 25.5 Å². The first-order chi connectivity index (χ1) is 12.1. The van der Waals surface area contributed by atoms with Gasteiger partial charge in [0.15, 0.2) is 0 Å².